The predicted molar refractivity (Wildman–Crippen MR) is 96.2 cm³/mol. The van der Waals surface area contributed by atoms with Crippen LogP contribution in [0.5, 0.6) is 5.75 Å². The maximum absolute atomic E-state index is 14.1. The first kappa shape index (κ1) is 20.4. The molecule has 0 bridgehead atoms. The van der Waals surface area contributed by atoms with Crippen LogP contribution in [0.1, 0.15) is 10.5 Å². The van der Waals surface area contributed by atoms with Crippen LogP contribution in [-0.2, 0) is 17.1 Å². The summed E-state index contributed by atoms with van der Waals surface area (Å²) < 4.78 is 74.7. The normalized spacial score (nSPS) is 11.3. The number of benzene rings is 2. The number of methoxy groups -OCH3 is 1. The second kappa shape index (κ2) is 7.59. The molecule has 0 spiro atoms. The summed E-state index contributed by atoms with van der Waals surface area (Å²) in [4.78, 5) is 15.4. The molecule has 0 atom stereocenters. The molecule has 0 unspecified atom stereocenters. The molecule has 2 aromatic carbocycles. The number of nitrogens with zero attached hydrogens (tertiary/aromatic N) is 2. The number of sulfonamides is 1. The molecular weight excluding hydrogens is 411 g/mol. The molecule has 1 aromatic heterocycles. The van der Waals surface area contributed by atoms with E-state index in [2.05, 4.69) is 4.98 Å². The van der Waals surface area contributed by atoms with E-state index < -0.39 is 49.5 Å². The zero-order valence-electron chi connectivity index (χ0n) is 15.1. The maximum Gasteiger partial charge on any atom is 0.285 e. The maximum atomic E-state index is 14.1. The number of ether oxygens (including phenoxy) is 1. The van der Waals surface area contributed by atoms with Crippen molar-refractivity contribution in [1.29, 1.82) is 0 Å². The highest BCUT2D eigenvalue weighted by atomic mass is 32.2. The number of carbonyl (C=O) groups is 1. The van der Waals surface area contributed by atoms with Gasteiger partial charge in [0.05, 0.1) is 12.7 Å². The lowest BCUT2D eigenvalue weighted by Gasteiger charge is -2.10. The first-order valence-corrected chi connectivity index (χ1v) is 9.51. The second-order valence-corrected chi connectivity index (χ2v) is 7.48. The van der Waals surface area contributed by atoms with E-state index in [0.29, 0.717) is 0 Å². The Bertz CT molecular complexity index is 1190. The van der Waals surface area contributed by atoms with Gasteiger partial charge in [0.25, 0.3) is 15.9 Å². The number of hydrogen-bond donors (Lipinski definition) is 1. The summed E-state index contributed by atoms with van der Waals surface area (Å²) in [5, 5.41) is 0. The van der Waals surface area contributed by atoms with Crippen LogP contribution in [0.3, 0.4) is 0 Å². The van der Waals surface area contributed by atoms with Gasteiger partial charge < -0.3 is 9.30 Å². The molecule has 0 saturated carbocycles. The van der Waals surface area contributed by atoms with E-state index >= 15 is 0 Å². The third-order valence-corrected chi connectivity index (χ3v) is 5.33. The Hall–Kier alpha value is -3.34. The van der Waals surface area contributed by atoms with Crippen molar-refractivity contribution in [3.63, 3.8) is 0 Å². The molecule has 0 fully saturated rings. The van der Waals surface area contributed by atoms with E-state index in [0.717, 1.165) is 36.1 Å². The van der Waals surface area contributed by atoms with Gasteiger partial charge in [-0.1, -0.05) is 12.1 Å². The average molecular weight is 425 g/mol. The number of aryl methyl sites for hydroxylation is 1. The van der Waals surface area contributed by atoms with Gasteiger partial charge in [0.2, 0.25) is 0 Å². The molecule has 11 heteroatoms. The zero-order chi connectivity index (χ0) is 21.3. The van der Waals surface area contributed by atoms with E-state index in [-0.39, 0.29) is 11.6 Å². The van der Waals surface area contributed by atoms with E-state index in [1.165, 1.54) is 25.2 Å². The molecule has 0 radical (unpaired) electrons. The molecule has 1 amide bonds. The Kier molecular flexibility index (Phi) is 5.33. The van der Waals surface area contributed by atoms with Gasteiger partial charge in [-0.3, -0.25) is 4.79 Å². The van der Waals surface area contributed by atoms with Crippen LogP contribution in [0.2, 0.25) is 0 Å². The number of carbonyl (C=O) groups excluding carboxylic acids is 1. The Labute approximate surface area is 163 Å². The van der Waals surface area contributed by atoms with Gasteiger partial charge in [-0.25, -0.2) is 31.3 Å². The Balaban J connectivity index is 1.97. The molecule has 0 aliphatic heterocycles. The van der Waals surface area contributed by atoms with Crippen molar-refractivity contribution in [2.75, 3.05) is 7.11 Å². The first-order valence-electron chi connectivity index (χ1n) is 8.03. The molecule has 3 rings (SSSR count). The van der Waals surface area contributed by atoms with Crippen LogP contribution in [0.15, 0.2) is 47.5 Å². The van der Waals surface area contributed by atoms with Crippen LogP contribution in [-0.4, -0.2) is 31.0 Å². The number of hydrogen-bond acceptors (Lipinski definition) is 5. The molecule has 152 valence electrons. The largest absolute Gasteiger partial charge is 0.495 e. The average Bonchev–Trinajstić information content (AvgIpc) is 3.02. The fraction of sp³-hybridized carbons (Fsp3) is 0.111. The third-order valence-electron chi connectivity index (χ3n) is 3.94. The Morgan fingerprint density at radius 2 is 1.66 bits per heavy atom. The van der Waals surface area contributed by atoms with Crippen LogP contribution in [0.25, 0.3) is 11.4 Å². The second-order valence-electron chi connectivity index (χ2n) is 5.86. The zero-order valence-corrected chi connectivity index (χ0v) is 15.9. The van der Waals surface area contributed by atoms with Gasteiger partial charge >= 0.3 is 0 Å². The molecule has 1 N–H and O–H groups in total. The topological polar surface area (TPSA) is 90.3 Å². The minimum Gasteiger partial charge on any atom is -0.495 e. The van der Waals surface area contributed by atoms with Crippen molar-refractivity contribution >= 4 is 15.9 Å². The van der Waals surface area contributed by atoms with Gasteiger partial charge in [0.1, 0.15) is 34.7 Å². The first-order chi connectivity index (χ1) is 13.7. The summed E-state index contributed by atoms with van der Waals surface area (Å²) in [5.41, 5.74) is -0.920. The smallest absolute Gasteiger partial charge is 0.285 e. The molecule has 29 heavy (non-hydrogen) atoms. The number of amides is 1. The predicted octanol–water partition coefficient (Wildman–Crippen LogP) is 2.63. The monoisotopic (exact) mass is 425 g/mol. The lowest BCUT2D eigenvalue weighted by atomic mass is 10.2. The number of aromatic nitrogens is 2. The number of rotatable bonds is 5. The van der Waals surface area contributed by atoms with Gasteiger partial charge in [-0.2, -0.15) is 0 Å². The van der Waals surface area contributed by atoms with Crippen molar-refractivity contribution in [3.05, 3.63) is 65.7 Å². The minimum atomic E-state index is -4.66. The fourth-order valence-electron chi connectivity index (χ4n) is 2.66. The van der Waals surface area contributed by atoms with Crippen LogP contribution < -0.4 is 9.46 Å². The van der Waals surface area contributed by atoms with E-state index in [1.807, 2.05) is 0 Å². The lowest BCUT2D eigenvalue weighted by Crippen LogP contribution is -2.31. The summed E-state index contributed by atoms with van der Waals surface area (Å²) in [6.45, 7) is 0. The van der Waals surface area contributed by atoms with Crippen molar-refractivity contribution in [3.8, 4) is 17.1 Å². The van der Waals surface area contributed by atoms with Crippen LogP contribution >= 0.6 is 0 Å². The molecule has 0 aliphatic carbocycles. The molecule has 0 saturated heterocycles. The summed E-state index contributed by atoms with van der Waals surface area (Å²) in [5.74, 6) is -4.69. The van der Waals surface area contributed by atoms with Crippen molar-refractivity contribution < 1.29 is 31.1 Å². The number of imidazole rings is 1. The van der Waals surface area contributed by atoms with Crippen molar-refractivity contribution in [2.45, 2.75) is 4.90 Å². The quantitative estimate of drug-likeness (QED) is 0.679. The Morgan fingerprint density at radius 1 is 1.07 bits per heavy atom. The highest BCUT2D eigenvalue weighted by Crippen LogP contribution is 2.27. The number of nitrogens with one attached hydrogen (secondary N) is 1. The molecule has 7 nitrogen and oxygen atoms in total. The summed E-state index contributed by atoms with van der Waals surface area (Å²) in [6.07, 6.45) is 1.09. The molecular formula is C18H14F3N3O4S. The van der Waals surface area contributed by atoms with Gasteiger partial charge in [-0.15, -0.1) is 0 Å². The standard InChI is InChI=1S/C18H14F3N3O4S/c1-24-9-13(22-17(24)15-10(19)5-3-6-11(15)20)18(25)23-29(26,27)16-12(21)7-4-8-14(16)28-2/h3-9H,1-2H3,(H,23,25). The van der Waals surface area contributed by atoms with Crippen LogP contribution in [0.4, 0.5) is 13.2 Å². The Morgan fingerprint density at radius 3 is 2.28 bits per heavy atom. The minimum absolute atomic E-state index is 0.230. The van der Waals surface area contributed by atoms with E-state index in [9.17, 15) is 26.4 Å². The number of halogens is 3. The summed E-state index contributed by atoms with van der Waals surface area (Å²) in [7, 11) is -2.15. The van der Waals surface area contributed by atoms with Gasteiger partial charge in [-0.05, 0) is 24.3 Å². The lowest BCUT2D eigenvalue weighted by molar-refractivity contribution is 0.0977. The van der Waals surface area contributed by atoms with Crippen molar-refractivity contribution in [2.24, 2.45) is 7.05 Å². The van der Waals surface area contributed by atoms with E-state index in [1.54, 1.807) is 4.72 Å². The highest BCUT2D eigenvalue weighted by Gasteiger charge is 2.28. The molecule has 0 aliphatic rings. The van der Waals surface area contributed by atoms with Crippen molar-refractivity contribution in [1.82, 2.24) is 14.3 Å². The van der Waals surface area contributed by atoms with Gasteiger partial charge in [0, 0.05) is 13.2 Å². The van der Waals surface area contributed by atoms with Gasteiger partial charge in [0.15, 0.2) is 4.90 Å². The fourth-order valence-corrected chi connectivity index (χ4v) is 3.85. The third kappa shape index (κ3) is 3.81. The summed E-state index contributed by atoms with van der Waals surface area (Å²) >= 11 is 0. The molecule has 1 heterocycles. The SMILES string of the molecule is COc1cccc(F)c1S(=O)(=O)NC(=O)c1cn(C)c(-c2c(F)cccc2F)n1. The van der Waals surface area contributed by atoms with Crippen LogP contribution in [0, 0.1) is 17.5 Å². The summed E-state index contributed by atoms with van der Waals surface area (Å²) in [6, 6.07) is 6.54. The highest BCUT2D eigenvalue weighted by molar-refractivity contribution is 7.90. The van der Waals surface area contributed by atoms with E-state index in [4.69, 9.17) is 4.74 Å². The molecule has 3 aromatic rings.